The van der Waals surface area contributed by atoms with Crippen LogP contribution in [0, 0.1) is 0 Å². The molecular formula is H14Ca2O17S4. The van der Waals surface area contributed by atoms with Gasteiger partial charge in [0.15, 0.2) is 0 Å². The molecule has 23 heavy (non-hydrogen) atoms. The molecule has 144 valence electrons. The molecule has 0 atom stereocenters. The van der Waals surface area contributed by atoms with Gasteiger partial charge in [-0.05, 0) is 0 Å². The van der Waals surface area contributed by atoms with Gasteiger partial charge in [0.25, 0.3) is 0 Å². The molecule has 0 aromatic heterocycles. The van der Waals surface area contributed by atoms with Crippen molar-refractivity contribution in [3.8, 4) is 0 Å². The average molecular weight is 495 g/mol. The topological polar surface area (TPSA) is 330 Å². The van der Waals surface area contributed by atoms with Gasteiger partial charge < -0.3 is 5.48 Å². The number of hydrogen-bond acceptors (Lipinski definition) is 8. The molecule has 0 spiro atoms. The Labute approximate surface area is 190 Å². The molecule has 0 bridgehead atoms. The Bertz CT molecular complexity index is 477. The zero-order chi connectivity index (χ0) is 18.0. The van der Waals surface area contributed by atoms with E-state index in [1.165, 1.54) is 0 Å². The van der Waals surface area contributed by atoms with Gasteiger partial charge in [0.2, 0.25) is 0 Å². The van der Waals surface area contributed by atoms with Crippen molar-refractivity contribution in [2.75, 3.05) is 0 Å². The minimum atomic E-state index is -4.67. The fourth-order valence-corrected chi connectivity index (χ4v) is 0. The summed E-state index contributed by atoms with van der Waals surface area (Å²) < 4.78 is 126. The molecule has 0 aromatic rings. The molecule has 0 radical (unpaired) electrons. The summed E-state index contributed by atoms with van der Waals surface area (Å²) in [6.07, 6.45) is 0. The summed E-state index contributed by atoms with van der Waals surface area (Å²) in [4.78, 5) is 0. The zero-order valence-electron chi connectivity index (χ0n) is 8.98. The first-order chi connectivity index (χ1) is 8.00. The van der Waals surface area contributed by atoms with Gasteiger partial charge in [-0.15, -0.1) is 0 Å². The molecule has 0 rings (SSSR count). The van der Waals surface area contributed by atoms with Gasteiger partial charge in [-0.25, -0.2) is 0 Å². The maximum atomic E-state index is 8.74. The molecule has 0 aliphatic heterocycles. The summed E-state index contributed by atoms with van der Waals surface area (Å²) >= 11 is 0. The first-order valence-corrected chi connectivity index (χ1v) is 8.38. The van der Waals surface area contributed by atoms with Crippen LogP contribution in [-0.4, -0.2) is 151 Å². The SMILES string of the molecule is O.O=S(=O)(O)O.O=S(=O)(O)O.O=S(=O)(O)O.O=S(=O)(O)O.[CaH2].[CaH2]. The summed E-state index contributed by atoms with van der Waals surface area (Å²) in [5.74, 6) is 0. The summed E-state index contributed by atoms with van der Waals surface area (Å²) in [5.41, 5.74) is 0. The Morgan fingerprint density at radius 2 is 0.348 bits per heavy atom. The molecule has 0 saturated carbocycles. The second-order valence-corrected chi connectivity index (χ2v) is 5.37. The van der Waals surface area contributed by atoms with Crippen LogP contribution >= 0.6 is 0 Å². The minimum absolute atomic E-state index is 0. The molecule has 0 unspecified atom stereocenters. The predicted molar refractivity (Wildman–Crippen MR) is 77.4 cm³/mol. The van der Waals surface area contributed by atoms with E-state index in [2.05, 4.69) is 0 Å². The van der Waals surface area contributed by atoms with E-state index in [4.69, 9.17) is 70.1 Å². The second-order valence-electron chi connectivity index (χ2n) is 1.79. The molecule has 0 saturated heterocycles. The van der Waals surface area contributed by atoms with Crippen LogP contribution in [0.3, 0.4) is 0 Å². The van der Waals surface area contributed by atoms with Gasteiger partial charge >= 0.3 is 117 Å². The quantitative estimate of drug-likeness (QED) is 0.115. The zero-order valence-corrected chi connectivity index (χ0v) is 12.2. The van der Waals surface area contributed by atoms with Crippen LogP contribution in [0.15, 0.2) is 0 Å². The molecule has 0 aliphatic carbocycles. The van der Waals surface area contributed by atoms with E-state index in [9.17, 15) is 0 Å². The molecule has 10 N–H and O–H groups in total. The van der Waals surface area contributed by atoms with Crippen molar-refractivity contribution in [2.45, 2.75) is 0 Å². The second kappa shape index (κ2) is 18.7. The Morgan fingerprint density at radius 3 is 0.348 bits per heavy atom. The average Bonchev–Trinajstić information content (AvgIpc) is 1.62. The van der Waals surface area contributed by atoms with E-state index in [0.717, 1.165) is 0 Å². The molecule has 0 amide bonds. The molecule has 0 aromatic carbocycles. The Morgan fingerprint density at radius 1 is 0.348 bits per heavy atom. The Hall–Kier alpha value is 1.96. The third-order valence-corrected chi connectivity index (χ3v) is 0. The fraction of sp³-hybridized carbons (Fsp3) is 0. The molecular weight excluding hydrogens is 480 g/mol. The standard InChI is InChI=1S/2Ca.4H2O4S.H2O.4H/c;;4*1-5(2,3)4;;;;;/h;;4*(H2,1,2,3,4);1H2;;;;. The van der Waals surface area contributed by atoms with Crippen molar-refractivity contribution in [3.05, 3.63) is 0 Å². The van der Waals surface area contributed by atoms with E-state index >= 15 is 0 Å². The van der Waals surface area contributed by atoms with E-state index < -0.39 is 41.6 Å². The van der Waals surface area contributed by atoms with E-state index in [-0.39, 0.29) is 81.0 Å². The van der Waals surface area contributed by atoms with Crippen molar-refractivity contribution in [1.29, 1.82) is 0 Å². The van der Waals surface area contributed by atoms with Crippen LogP contribution in [0.2, 0.25) is 0 Å². The van der Waals surface area contributed by atoms with Crippen LogP contribution in [0.25, 0.3) is 0 Å². The van der Waals surface area contributed by atoms with Gasteiger partial charge in [-0.3, -0.25) is 36.4 Å². The van der Waals surface area contributed by atoms with E-state index in [1.807, 2.05) is 0 Å². The third-order valence-electron chi connectivity index (χ3n) is 0. The van der Waals surface area contributed by atoms with Gasteiger partial charge in [0, 0.05) is 0 Å². The molecule has 23 heteroatoms. The van der Waals surface area contributed by atoms with Crippen molar-refractivity contribution < 1.29 is 75.6 Å². The Kier molecular flexibility index (Phi) is 36.2. The van der Waals surface area contributed by atoms with Crippen LogP contribution in [0.5, 0.6) is 0 Å². The van der Waals surface area contributed by atoms with Gasteiger partial charge in [0.05, 0.1) is 0 Å². The van der Waals surface area contributed by atoms with Crippen molar-refractivity contribution in [1.82, 2.24) is 0 Å². The number of rotatable bonds is 0. The molecule has 0 heterocycles. The van der Waals surface area contributed by atoms with Crippen molar-refractivity contribution >= 4 is 117 Å². The predicted octanol–water partition coefficient (Wildman–Crippen LogP) is -5.27. The molecule has 0 fully saturated rings. The first-order valence-electron chi connectivity index (χ1n) is 2.79. The summed E-state index contributed by atoms with van der Waals surface area (Å²) in [6.45, 7) is 0. The molecule has 17 nitrogen and oxygen atoms in total. The van der Waals surface area contributed by atoms with Crippen molar-refractivity contribution in [3.63, 3.8) is 0 Å². The number of hydrogen-bond donors (Lipinski definition) is 8. The first kappa shape index (κ1) is 44.4. The van der Waals surface area contributed by atoms with Crippen LogP contribution in [-0.2, 0) is 41.6 Å². The fourth-order valence-electron chi connectivity index (χ4n) is 0. The summed E-state index contributed by atoms with van der Waals surface area (Å²) in [5, 5.41) is 0. The van der Waals surface area contributed by atoms with Gasteiger partial charge in [0.1, 0.15) is 0 Å². The third kappa shape index (κ3) is 3010. The normalized spacial score (nSPS) is 10.1. The van der Waals surface area contributed by atoms with Crippen LogP contribution < -0.4 is 0 Å². The van der Waals surface area contributed by atoms with Crippen LogP contribution in [0.1, 0.15) is 0 Å². The van der Waals surface area contributed by atoms with Gasteiger partial charge in [-0.1, -0.05) is 0 Å². The van der Waals surface area contributed by atoms with Gasteiger partial charge in [-0.2, -0.15) is 33.7 Å². The van der Waals surface area contributed by atoms with Crippen LogP contribution in [0.4, 0.5) is 0 Å². The van der Waals surface area contributed by atoms with E-state index in [1.54, 1.807) is 0 Å². The van der Waals surface area contributed by atoms with Crippen molar-refractivity contribution in [2.24, 2.45) is 0 Å². The summed E-state index contributed by atoms with van der Waals surface area (Å²) in [7, 11) is -18.7. The Balaban J connectivity index is -0.0000000284. The van der Waals surface area contributed by atoms with E-state index in [0.29, 0.717) is 0 Å². The molecule has 0 aliphatic rings. The summed E-state index contributed by atoms with van der Waals surface area (Å²) in [6, 6.07) is 0. The monoisotopic (exact) mass is 494 g/mol. The maximum absolute atomic E-state index is 8.74.